The highest BCUT2D eigenvalue weighted by Crippen LogP contribution is 2.29. The van der Waals surface area contributed by atoms with Crippen molar-refractivity contribution in [3.8, 4) is 17.1 Å². The number of nitrogens with one attached hydrogen (secondary N) is 2. The molecular weight excluding hydrogens is 482 g/mol. The molecule has 36 heavy (non-hydrogen) atoms. The molecule has 1 aliphatic heterocycles. The van der Waals surface area contributed by atoms with Crippen LogP contribution in [0.3, 0.4) is 0 Å². The Labute approximate surface area is 211 Å². The molecule has 2 aromatic carbocycles. The number of hydrogen-bond acceptors (Lipinski definition) is 8. The van der Waals surface area contributed by atoms with Crippen molar-refractivity contribution in [1.82, 2.24) is 19.8 Å². The lowest BCUT2D eigenvalue weighted by molar-refractivity contribution is -0.121. The fourth-order valence-electron chi connectivity index (χ4n) is 4.13. The van der Waals surface area contributed by atoms with E-state index in [1.807, 2.05) is 30.3 Å². The molecule has 0 saturated carbocycles. The van der Waals surface area contributed by atoms with Crippen molar-refractivity contribution in [1.29, 1.82) is 0 Å². The van der Waals surface area contributed by atoms with Crippen LogP contribution in [0, 0.1) is 5.92 Å². The number of ether oxygens (including phenoxy) is 1. The number of sulfonamides is 1. The number of methoxy groups -OCH3 is 1. The van der Waals surface area contributed by atoms with E-state index in [9.17, 15) is 13.2 Å². The lowest BCUT2D eigenvalue weighted by Gasteiger charge is -2.30. The molecule has 0 aliphatic carbocycles. The van der Waals surface area contributed by atoms with Crippen molar-refractivity contribution in [3.05, 3.63) is 54.4 Å². The first-order valence-electron chi connectivity index (χ1n) is 11.9. The largest absolute Gasteiger partial charge is 0.495 e. The van der Waals surface area contributed by atoms with Crippen LogP contribution in [0.4, 0.5) is 5.69 Å². The second-order valence-electron chi connectivity index (χ2n) is 9.06. The zero-order chi connectivity index (χ0) is 25.7. The molecule has 1 aromatic heterocycles. The van der Waals surface area contributed by atoms with Crippen molar-refractivity contribution in [3.63, 3.8) is 0 Å². The Morgan fingerprint density at radius 1 is 1.17 bits per heavy atom. The number of rotatable bonds is 9. The highest BCUT2D eigenvalue weighted by molar-refractivity contribution is 7.89. The zero-order valence-corrected chi connectivity index (χ0v) is 21.4. The average Bonchev–Trinajstić information content (AvgIpc) is 3.32. The fraction of sp³-hybridized carbons (Fsp3) is 0.400. The number of hydrogen-bond donors (Lipinski definition) is 2. The second kappa shape index (κ2) is 11.2. The Kier molecular flexibility index (Phi) is 8.02. The Morgan fingerprint density at radius 3 is 2.56 bits per heavy atom. The minimum Gasteiger partial charge on any atom is -0.495 e. The van der Waals surface area contributed by atoms with Gasteiger partial charge in [-0.15, -0.1) is 0 Å². The van der Waals surface area contributed by atoms with Crippen LogP contribution in [0.2, 0.25) is 0 Å². The van der Waals surface area contributed by atoms with E-state index in [0.717, 1.165) is 5.56 Å². The molecule has 1 amide bonds. The summed E-state index contributed by atoms with van der Waals surface area (Å²) in [6.07, 6.45) is 1.31. The van der Waals surface area contributed by atoms with Crippen molar-refractivity contribution in [2.45, 2.75) is 44.2 Å². The molecule has 10 nitrogen and oxygen atoms in total. The van der Waals surface area contributed by atoms with Crippen LogP contribution in [0.1, 0.15) is 32.6 Å². The maximum atomic E-state index is 13.0. The Balaban J connectivity index is 1.35. The Morgan fingerprint density at radius 2 is 1.89 bits per heavy atom. The standard InChI is InChI=1S/C25H31N5O5S/c1-17(2)29-36(32,33)20-9-10-22(34-3)21(15-20)26-25(31)19-11-13-30(14-12-19)16-23-27-24(28-35-23)18-7-5-4-6-8-18/h4-10,15,17,19,29H,11-14,16H2,1-3H3,(H,26,31). The van der Waals surface area contributed by atoms with Crippen molar-refractivity contribution in [2.75, 3.05) is 25.5 Å². The second-order valence-corrected chi connectivity index (χ2v) is 10.8. The molecule has 0 bridgehead atoms. The maximum absolute atomic E-state index is 13.0. The van der Waals surface area contributed by atoms with E-state index in [1.54, 1.807) is 19.9 Å². The first-order valence-corrected chi connectivity index (χ1v) is 13.3. The molecule has 1 fully saturated rings. The number of piperidine rings is 1. The first-order chi connectivity index (χ1) is 17.2. The van der Waals surface area contributed by atoms with Crippen LogP contribution in [0.25, 0.3) is 11.4 Å². The van der Waals surface area contributed by atoms with Gasteiger partial charge >= 0.3 is 0 Å². The van der Waals surface area contributed by atoms with E-state index in [0.29, 0.717) is 55.6 Å². The van der Waals surface area contributed by atoms with Gasteiger partial charge in [0.05, 0.1) is 24.2 Å². The minimum atomic E-state index is -3.70. The van der Waals surface area contributed by atoms with Crippen molar-refractivity contribution in [2.24, 2.45) is 5.92 Å². The summed E-state index contributed by atoms with van der Waals surface area (Å²) in [7, 11) is -2.23. The summed E-state index contributed by atoms with van der Waals surface area (Å²) in [6.45, 7) is 5.41. The van der Waals surface area contributed by atoms with Gasteiger partial charge in [0.25, 0.3) is 0 Å². The number of nitrogens with zero attached hydrogens (tertiary/aromatic N) is 3. The predicted octanol–water partition coefficient (Wildman–Crippen LogP) is 3.28. The van der Waals surface area contributed by atoms with Gasteiger partial charge in [0.15, 0.2) is 0 Å². The molecule has 0 atom stereocenters. The molecule has 2 N–H and O–H groups in total. The quantitative estimate of drug-likeness (QED) is 0.446. The lowest BCUT2D eigenvalue weighted by atomic mass is 9.96. The molecule has 0 unspecified atom stereocenters. The summed E-state index contributed by atoms with van der Waals surface area (Å²) in [4.78, 5) is 19.7. The third kappa shape index (κ3) is 6.28. The molecule has 3 aromatic rings. The van der Waals surface area contributed by atoms with Gasteiger partial charge < -0.3 is 14.6 Å². The molecule has 11 heteroatoms. The third-order valence-corrected chi connectivity index (χ3v) is 7.60. The molecule has 0 spiro atoms. The SMILES string of the molecule is COc1ccc(S(=O)(=O)NC(C)C)cc1NC(=O)C1CCN(Cc2nc(-c3ccccc3)no2)CC1. The number of aromatic nitrogens is 2. The van der Waals surface area contributed by atoms with Crippen molar-refractivity contribution < 1.29 is 22.5 Å². The van der Waals surface area contributed by atoms with Gasteiger partial charge in [-0.3, -0.25) is 9.69 Å². The normalized spacial score (nSPS) is 15.2. The van der Waals surface area contributed by atoms with Gasteiger partial charge in [-0.1, -0.05) is 35.5 Å². The van der Waals surface area contributed by atoms with Crippen LogP contribution in [0.5, 0.6) is 5.75 Å². The van der Waals surface area contributed by atoms with Gasteiger partial charge in [0, 0.05) is 17.5 Å². The number of benzene rings is 2. The highest BCUT2D eigenvalue weighted by Gasteiger charge is 2.27. The van der Waals surface area contributed by atoms with Crippen LogP contribution in [-0.2, 0) is 21.4 Å². The molecule has 1 saturated heterocycles. The summed E-state index contributed by atoms with van der Waals surface area (Å²) in [5, 5.41) is 6.93. The van der Waals surface area contributed by atoms with Crippen LogP contribution >= 0.6 is 0 Å². The summed E-state index contributed by atoms with van der Waals surface area (Å²) < 4.78 is 38.4. The van der Waals surface area contributed by atoms with Gasteiger partial charge in [0.2, 0.25) is 27.6 Å². The summed E-state index contributed by atoms with van der Waals surface area (Å²) in [5.74, 6) is 1.12. The van der Waals surface area contributed by atoms with Gasteiger partial charge in [-0.05, 0) is 58.0 Å². The monoisotopic (exact) mass is 513 g/mol. The number of carbonyl (C=O) groups excluding carboxylic acids is 1. The molecule has 192 valence electrons. The number of carbonyl (C=O) groups is 1. The molecule has 1 aliphatic rings. The van der Waals surface area contributed by atoms with E-state index in [2.05, 4.69) is 25.1 Å². The lowest BCUT2D eigenvalue weighted by Crippen LogP contribution is -2.38. The zero-order valence-electron chi connectivity index (χ0n) is 20.6. The van der Waals surface area contributed by atoms with Crippen LogP contribution in [-0.4, -0.2) is 55.6 Å². The van der Waals surface area contributed by atoms with Gasteiger partial charge in [-0.2, -0.15) is 4.98 Å². The maximum Gasteiger partial charge on any atom is 0.241 e. The number of anilines is 1. The first kappa shape index (κ1) is 25.8. The predicted molar refractivity (Wildman–Crippen MR) is 135 cm³/mol. The van der Waals surface area contributed by atoms with Crippen LogP contribution < -0.4 is 14.8 Å². The smallest absolute Gasteiger partial charge is 0.241 e. The fourth-order valence-corrected chi connectivity index (χ4v) is 5.41. The van der Waals surface area contributed by atoms with E-state index < -0.39 is 10.0 Å². The summed E-state index contributed by atoms with van der Waals surface area (Å²) >= 11 is 0. The Bertz CT molecular complexity index is 1290. The van der Waals surface area contributed by atoms with Gasteiger partial charge in [0.1, 0.15) is 5.75 Å². The van der Waals surface area contributed by atoms with E-state index in [4.69, 9.17) is 9.26 Å². The van der Waals surface area contributed by atoms with Gasteiger partial charge in [-0.25, -0.2) is 13.1 Å². The minimum absolute atomic E-state index is 0.0662. The summed E-state index contributed by atoms with van der Waals surface area (Å²) in [6, 6.07) is 13.8. The van der Waals surface area contributed by atoms with Crippen LogP contribution in [0.15, 0.2) is 57.9 Å². The Hall–Kier alpha value is -3.28. The molecule has 0 radical (unpaired) electrons. The molecule has 4 rings (SSSR count). The average molecular weight is 514 g/mol. The van der Waals surface area contributed by atoms with E-state index in [-0.39, 0.29) is 22.8 Å². The molecular formula is C25H31N5O5S. The molecule has 2 heterocycles. The highest BCUT2D eigenvalue weighted by atomic mass is 32.2. The van der Waals surface area contributed by atoms with E-state index in [1.165, 1.54) is 19.2 Å². The number of likely N-dealkylation sites (tertiary alicyclic amines) is 1. The number of amides is 1. The van der Waals surface area contributed by atoms with Crippen molar-refractivity contribution >= 4 is 21.6 Å². The summed E-state index contributed by atoms with van der Waals surface area (Å²) in [5.41, 5.74) is 1.23. The van der Waals surface area contributed by atoms with E-state index >= 15 is 0 Å². The topological polar surface area (TPSA) is 127 Å². The third-order valence-electron chi connectivity index (χ3n) is 5.95.